The summed E-state index contributed by atoms with van der Waals surface area (Å²) >= 11 is 0. The number of ether oxygens (including phenoxy) is 2. The van der Waals surface area contributed by atoms with Crippen molar-refractivity contribution in [2.75, 3.05) is 5.32 Å². The van der Waals surface area contributed by atoms with Crippen molar-refractivity contribution in [1.29, 1.82) is 0 Å². The van der Waals surface area contributed by atoms with Crippen LogP contribution in [0.3, 0.4) is 0 Å². The van der Waals surface area contributed by atoms with E-state index in [1.54, 1.807) is 19.1 Å². The fraction of sp³-hybridized carbons (Fsp3) is 0.500. The number of benzene rings is 1. The molecule has 1 saturated carbocycles. The Kier molecular flexibility index (Phi) is 5.02. The maximum Gasteiger partial charge on any atom is 0.387 e. The normalized spacial score (nSPS) is 18.6. The Morgan fingerprint density at radius 3 is 2.54 bits per heavy atom. The number of allylic oxidation sites excluding steroid dienone is 2. The Balaban J connectivity index is 1.81. The lowest BCUT2D eigenvalue weighted by molar-refractivity contribution is -0.114. The minimum absolute atomic E-state index is 0.0364. The van der Waals surface area contributed by atoms with Crippen LogP contribution in [-0.2, 0) is 4.79 Å². The van der Waals surface area contributed by atoms with E-state index >= 15 is 0 Å². The third-order valence-corrected chi connectivity index (χ3v) is 4.52. The van der Waals surface area contributed by atoms with Crippen LogP contribution in [0.15, 0.2) is 29.5 Å². The number of halogens is 2. The molecule has 3 rings (SSSR count). The topological polar surface area (TPSA) is 47.6 Å². The molecule has 0 aromatic heterocycles. The summed E-state index contributed by atoms with van der Waals surface area (Å²) in [6.07, 6.45) is 5.22. The largest absolute Gasteiger partial charge is 0.486 e. The summed E-state index contributed by atoms with van der Waals surface area (Å²) in [7, 11) is 0. The Bertz CT molecular complexity index is 652. The lowest BCUT2D eigenvalue weighted by Crippen LogP contribution is -2.13. The third-order valence-electron chi connectivity index (χ3n) is 4.52. The number of rotatable bonds is 6. The Morgan fingerprint density at radius 1 is 1.17 bits per heavy atom. The van der Waals surface area contributed by atoms with E-state index in [9.17, 15) is 13.6 Å². The van der Waals surface area contributed by atoms with Crippen molar-refractivity contribution in [3.05, 3.63) is 29.5 Å². The molecular formula is C18H21F2NO3. The van der Waals surface area contributed by atoms with Gasteiger partial charge in [-0.05, 0) is 51.2 Å². The summed E-state index contributed by atoms with van der Waals surface area (Å²) in [6, 6.07) is 4.80. The lowest BCUT2D eigenvalue weighted by Gasteiger charge is -2.18. The van der Waals surface area contributed by atoms with Gasteiger partial charge < -0.3 is 14.8 Å². The maximum absolute atomic E-state index is 12.6. The van der Waals surface area contributed by atoms with Crippen molar-refractivity contribution in [3.8, 4) is 11.5 Å². The van der Waals surface area contributed by atoms with E-state index in [1.807, 2.05) is 0 Å². The predicted molar refractivity (Wildman–Crippen MR) is 86.5 cm³/mol. The molecule has 0 atom stereocenters. The zero-order chi connectivity index (χ0) is 17.1. The number of Topliss-reactive ketones (excluding diaryl/α,β-unsaturated/α-hetero) is 1. The van der Waals surface area contributed by atoms with Gasteiger partial charge in [0.25, 0.3) is 0 Å². The minimum Gasteiger partial charge on any atom is -0.486 e. The summed E-state index contributed by atoms with van der Waals surface area (Å²) in [6.45, 7) is -1.10. The van der Waals surface area contributed by atoms with Crippen LogP contribution < -0.4 is 14.8 Å². The highest BCUT2D eigenvalue weighted by Crippen LogP contribution is 2.36. The minimum atomic E-state index is -2.90. The molecule has 24 heavy (non-hydrogen) atoms. The van der Waals surface area contributed by atoms with Crippen LogP contribution in [0.2, 0.25) is 0 Å². The molecule has 130 valence electrons. The van der Waals surface area contributed by atoms with Crippen LogP contribution in [0.4, 0.5) is 14.5 Å². The number of nitrogens with one attached hydrogen (secondary N) is 1. The van der Waals surface area contributed by atoms with Gasteiger partial charge in [-0.2, -0.15) is 8.78 Å². The lowest BCUT2D eigenvalue weighted by atomic mass is 10.2. The van der Waals surface area contributed by atoms with Crippen molar-refractivity contribution in [3.63, 3.8) is 0 Å². The zero-order valence-corrected chi connectivity index (χ0v) is 13.6. The Hall–Kier alpha value is -2.11. The first-order valence-electron chi connectivity index (χ1n) is 8.28. The van der Waals surface area contributed by atoms with Crippen LogP contribution >= 0.6 is 0 Å². The average Bonchev–Trinajstić information content (AvgIpc) is 3.15. The summed E-state index contributed by atoms with van der Waals surface area (Å²) < 4.78 is 35.6. The van der Waals surface area contributed by atoms with Gasteiger partial charge in [-0.1, -0.05) is 0 Å². The second-order valence-corrected chi connectivity index (χ2v) is 6.22. The molecule has 2 aliphatic rings. The molecule has 1 aromatic rings. The number of ketones is 1. The summed E-state index contributed by atoms with van der Waals surface area (Å²) in [4.78, 5) is 11.6. The number of hydrogen-bond acceptors (Lipinski definition) is 4. The monoisotopic (exact) mass is 337 g/mol. The van der Waals surface area contributed by atoms with Crippen molar-refractivity contribution < 1.29 is 23.0 Å². The number of alkyl halides is 2. The van der Waals surface area contributed by atoms with Gasteiger partial charge in [0.05, 0.1) is 6.10 Å². The van der Waals surface area contributed by atoms with Gasteiger partial charge in [-0.25, -0.2) is 0 Å². The zero-order valence-electron chi connectivity index (χ0n) is 13.6. The third kappa shape index (κ3) is 3.86. The molecule has 0 spiro atoms. The molecule has 1 fully saturated rings. The molecule has 0 bridgehead atoms. The van der Waals surface area contributed by atoms with Gasteiger partial charge in [0.2, 0.25) is 0 Å². The van der Waals surface area contributed by atoms with Gasteiger partial charge >= 0.3 is 6.61 Å². The first-order chi connectivity index (χ1) is 11.5. The van der Waals surface area contributed by atoms with E-state index in [4.69, 9.17) is 4.74 Å². The number of hydrogen-bond donors (Lipinski definition) is 1. The second-order valence-electron chi connectivity index (χ2n) is 6.22. The average molecular weight is 337 g/mol. The molecule has 6 heteroatoms. The molecule has 4 nitrogen and oxygen atoms in total. The van der Waals surface area contributed by atoms with Crippen LogP contribution in [0, 0.1) is 0 Å². The van der Waals surface area contributed by atoms with Crippen LogP contribution in [0.1, 0.15) is 45.4 Å². The SMILES string of the molecule is CC1=C(Nc2ccc(OC(F)F)c(OC3CCCC3)c2)CCC1=O. The molecule has 0 saturated heterocycles. The van der Waals surface area contributed by atoms with Gasteiger partial charge in [0, 0.05) is 29.4 Å². The Labute approximate surface area is 139 Å². The van der Waals surface area contributed by atoms with Crippen LogP contribution in [0.25, 0.3) is 0 Å². The van der Waals surface area contributed by atoms with Gasteiger partial charge in [0.15, 0.2) is 17.3 Å². The molecule has 0 heterocycles. The molecule has 2 aliphatic carbocycles. The van der Waals surface area contributed by atoms with Gasteiger partial charge in [-0.3, -0.25) is 4.79 Å². The Morgan fingerprint density at radius 2 is 1.92 bits per heavy atom. The molecular weight excluding hydrogens is 316 g/mol. The smallest absolute Gasteiger partial charge is 0.387 e. The molecule has 0 radical (unpaired) electrons. The number of anilines is 1. The van der Waals surface area contributed by atoms with E-state index in [-0.39, 0.29) is 17.6 Å². The second kappa shape index (κ2) is 7.20. The standard InChI is InChI=1S/C18H21F2NO3/c1-11-14(7-8-15(11)22)21-12-6-9-16(24-18(19)20)17(10-12)23-13-4-2-3-5-13/h6,9-10,13,18,21H,2-5,7-8H2,1H3. The molecule has 0 unspecified atom stereocenters. The summed E-state index contributed by atoms with van der Waals surface area (Å²) in [5, 5.41) is 3.20. The number of carbonyl (C=O) groups is 1. The fourth-order valence-electron chi connectivity index (χ4n) is 3.17. The predicted octanol–water partition coefficient (Wildman–Crippen LogP) is 4.66. The quantitative estimate of drug-likeness (QED) is 0.820. The van der Waals surface area contributed by atoms with Gasteiger partial charge in [0.1, 0.15) is 0 Å². The van der Waals surface area contributed by atoms with Gasteiger partial charge in [-0.15, -0.1) is 0 Å². The highest BCUT2D eigenvalue weighted by molar-refractivity contribution is 5.98. The van der Waals surface area contributed by atoms with Crippen molar-refractivity contribution in [2.24, 2.45) is 0 Å². The first-order valence-corrected chi connectivity index (χ1v) is 8.28. The fourth-order valence-corrected chi connectivity index (χ4v) is 3.17. The molecule has 0 amide bonds. The molecule has 0 aliphatic heterocycles. The van der Waals surface area contributed by atoms with E-state index in [0.29, 0.717) is 24.3 Å². The van der Waals surface area contributed by atoms with E-state index < -0.39 is 6.61 Å². The van der Waals surface area contributed by atoms with Crippen molar-refractivity contribution in [1.82, 2.24) is 0 Å². The summed E-state index contributed by atoms with van der Waals surface area (Å²) in [5.41, 5.74) is 2.30. The van der Waals surface area contributed by atoms with Crippen molar-refractivity contribution >= 4 is 11.5 Å². The van der Waals surface area contributed by atoms with Crippen LogP contribution in [0.5, 0.6) is 11.5 Å². The maximum atomic E-state index is 12.6. The number of carbonyl (C=O) groups excluding carboxylic acids is 1. The van der Waals surface area contributed by atoms with E-state index in [0.717, 1.165) is 37.0 Å². The van der Waals surface area contributed by atoms with E-state index in [2.05, 4.69) is 10.1 Å². The van der Waals surface area contributed by atoms with Crippen molar-refractivity contribution in [2.45, 2.75) is 58.2 Å². The summed E-state index contributed by atoms with van der Waals surface area (Å²) in [5.74, 6) is 0.489. The van der Waals surface area contributed by atoms with Crippen LogP contribution in [-0.4, -0.2) is 18.5 Å². The molecule has 1 N–H and O–H groups in total. The highest BCUT2D eigenvalue weighted by atomic mass is 19.3. The van der Waals surface area contributed by atoms with E-state index in [1.165, 1.54) is 6.07 Å². The highest BCUT2D eigenvalue weighted by Gasteiger charge is 2.22. The first kappa shape index (κ1) is 16.7. The molecule has 1 aromatic carbocycles.